The highest BCUT2D eigenvalue weighted by Crippen LogP contribution is 2.25. The Labute approximate surface area is 113 Å². The number of hydrogen-bond donors (Lipinski definition) is 1. The van der Waals surface area contributed by atoms with Gasteiger partial charge in [-0.05, 0) is 30.7 Å². The maximum Gasteiger partial charge on any atom is 0.371 e. The van der Waals surface area contributed by atoms with Gasteiger partial charge in [0.25, 0.3) is 5.69 Å². The Balaban J connectivity index is 2.11. The van der Waals surface area contributed by atoms with E-state index in [2.05, 4.69) is 0 Å². The molecule has 0 radical (unpaired) electrons. The highest BCUT2D eigenvalue weighted by atomic mass is 16.6. The molecule has 20 heavy (non-hydrogen) atoms. The molecule has 1 aromatic heterocycles. The highest BCUT2D eigenvalue weighted by Gasteiger charge is 2.12. The van der Waals surface area contributed by atoms with Gasteiger partial charge in [-0.2, -0.15) is 0 Å². The summed E-state index contributed by atoms with van der Waals surface area (Å²) < 4.78 is 10.4. The molecule has 0 atom stereocenters. The second-order valence-corrected chi connectivity index (χ2v) is 4.07. The summed E-state index contributed by atoms with van der Waals surface area (Å²) in [4.78, 5) is 20.8. The number of furan rings is 1. The number of aromatic carboxylic acids is 1. The van der Waals surface area contributed by atoms with E-state index in [-0.39, 0.29) is 18.1 Å². The first kappa shape index (κ1) is 13.6. The fraction of sp³-hybridized carbons (Fsp3) is 0.154. The van der Waals surface area contributed by atoms with Crippen molar-refractivity contribution in [2.24, 2.45) is 0 Å². The van der Waals surface area contributed by atoms with E-state index < -0.39 is 10.9 Å². The molecule has 0 aliphatic carbocycles. The summed E-state index contributed by atoms with van der Waals surface area (Å²) in [5.41, 5.74) is 0.664. The van der Waals surface area contributed by atoms with Gasteiger partial charge in [-0.15, -0.1) is 0 Å². The molecule has 7 heteroatoms. The number of carboxylic acid groups (broad SMARTS) is 1. The molecule has 0 aliphatic heterocycles. The summed E-state index contributed by atoms with van der Waals surface area (Å²) in [6.07, 6.45) is 0. The van der Waals surface area contributed by atoms with Crippen LogP contribution in [-0.4, -0.2) is 16.0 Å². The lowest BCUT2D eigenvalue weighted by Gasteiger charge is -2.07. The predicted molar refractivity (Wildman–Crippen MR) is 67.8 cm³/mol. The molecule has 0 amide bonds. The Hall–Kier alpha value is -2.83. The molecule has 0 fully saturated rings. The Morgan fingerprint density at radius 1 is 1.40 bits per heavy atom. The lowest BCUT2D eigenvalue weighted by atomic mass is 10.2. The molecular formula is C13H11NO6. The SMILES string of the molecule is Cc1ccc([N+](=O)[O-])cc1OCc1ccc(C(=O)O)o1. The van der Waals surface area contributed by atoms with E-state index in [4.69, 9.17) is 14.3 Å². The molecule has 7 nitrogen and oxygen atoms in total. The van der Waals surface area contributed by atoms with Crippen LogP contribution in [0, 0.1) is 17.0 Å². The normalized spacial score (nSPS) is 10.2. The van der Waals surface area contributed by atoms with Crippen molar-refractivity contribution in [2.45, 2.75) is 13.5 Å². The Kier molecular flexibility index (Phi) is 3.69. The summed E-state index contributed by atoms with van der Waals surface area (Å²) in [5.74, 6) is -0.664. The minimum atomic E-state index is -1.16. The Morgan fingerprint density at radius 2 is 2.15 bits per heavy atom. The predicted octanol–water partition coefficient (Wildman–Crippen LogP) is 2.77. The maximum atomic E-state index is 10.7. The molecule has 2 aromatic rings. The zero-order chi connectivity index (χ0) is 14.7. The average Bonchev–Trinajstić information content (AvgIpc) is 2.86. The van der Waals surface area contributed by atoms with Crippen LogP contribution >= 0.6 is 0 Å². The van der Waals surface area contributed by atoms with Gasteiger partial charge in [0, 0.05) is 6.07 Å². The molecule has 0 aliphatic rings. The van der Waals surface area contributed by atoms with Crippen LogP contribution in [0.25, 0.3) is 0 Å². The molecule has 1 N–H and O–H groups in total. The largest absolute Gasteiger partial charge is 0.485 e. The molecular weight excluding hydrogens is 266 g/mol. The number of ether oxygens (including phenoxy) is 1. The molecule has 0 spiro atoms. The first-order valence-electron chi connectivity index (χ1n) is 5.67. The monoisotopic (exact) mass is 277 g/mol. The van der Waals surface area contributed by atoms with Gasteiger partial charge in [0.1, 0.15) is 18.1 Å². The third kappa shape index (κ3) is 2.94. The number of benzene rings is 1. The fourth-order valence-electron chi connectivity index (χ4n) is 1.58. The van der Waals surface area contributed by atoms with Crippen LogP contribution in [0.4, 0.5) is 5.69 Å². The molecule has 0 unspecified atom stereocenters. The zero-order valence-corrected chi connectivity index (χ0v) is 10.5. The van der Waals surface area contributed by atoms with Gasteiger partial charge in [0.15, 0.2) is 0 Å². The van der Waals surface area contributed by atoms with Crippen molar-refractivity contribution >= 4 is 11.7 Å². The smallest absolute Gasteiger partial charge is 0.371 e. The van der Waals surface area contributed by atoms with Gasteiger partial charge in [-0.1, -0.05) is 0 Å². The quantitative estimate of drug-likeness (QED) is 0.665. The van der Waals surface area contributed by atoms with Crippen molar-refractivity contribution in [1.82, 2.24) is 0 Å². The summed E-state index contributed by atoms with van der Waals surface area (Å²) in [6, 6.07) is 7.09. The van der Waals surface area contributed by atoms with Gasteiger partial charge < -0.3 is 14.3 Å². The third-order valence-electron chi connectivity index (χ3n) is 2.62. The number of nitro benzene ring substituents is 1. The van der Waals surface area contributed by atoms with E-state index in [1.807, 2.05) is 0 Å². The van der Waals surface area contributed by atoms with E-state index >= 15 is 0 Å². The van der Waals surface area contributed by atoms with Crippen LogP contribution in [0.3, 0.4) is 0 Å². The maximum absolute atomic E-state index is 10.7. The lowest BCUT2D eigenvalue weighted by Crippen LogP contribution is -1.98. The van der Waals surface area contributed by atoms with E-state index in [1.54, 1.807) is 13.0 Å². The van der Waals surface area contributed by atoms with Crippen LogP contribution in [0.2, 0.25) is 0 Å². The number of hydrogen-bond acceptors (Lipinski definition) is 5. The van der Waals surface area contributed by atoms with E-state index in [0.29, 0.717) is 11.5 Å². The van der Waals surface area contributed by atoms with Gasteiger partial charge in [0.05, 0.1) is 11.0 Å². The number of carbonyl (C=O) groups is 1. The number of nitrogens with zero attached hydrogens (tertiary/aromatic N) is 1. The average molecular weight is 277 g/mol. The summed E-state index contributed by atoms with van der Waals surface area (Å²) in [6.45, 7) is 1.75. The van der Waals surface area contributed by atoms with E-state index in [9.17, 15) is 14.9 Å². The fourth-order valence-corrected chi connectivity index (χ4v) is 1.58. The molecule has 104 valence electrons. The number of carboxylic acids is 1. The molecule has 2 rings (SSSR count). The third-order valence-corrected chi connectivity index (χ3v) is 2.62. The summed E-state index contributed by atoms with van der Waals surface area (Å²) in [7, 11) is 0. The van der Waals surface area contributed by atoms with Gasteiger partial charge in [0.2, 0.25) is 5.76 Å². The highest BCUT2D eigenvalue weighted by molar-refractivity contribution is 5.84. The summed E-state index contributed by atoms with van der Waals surface area (Å²) in [5, 5.41) is 19.4. The second-order valence-electron chi connectivity index (χ2n) is 4.07. The standard InChI is InChI=1S/C13H11NO6/c1-8-2-3-9(14(17)18)6-12(8)19-7-10-4-5-11(20-10)13(15)16/h2-6H,7H2,1H3,(H,15,16). The molecule has 0 bridgehead atoms. The van der Waals surface area contributed by atoms with Crippen LogP contribution in [0.5, 0.6) is 5.75 Å². The molecule has 0 saturated heterocycles. The minimum absolute atomic E-state index is 0.00467. The van der Waals surface area contributed by atoms with Gasteiger partial charge in [-0.3, -0.25) is 10.1 Å². The van der Waals surface area contributed by atoms with E-state index in [0.717, 1.165) is 5.56 Å². The van der Waals surface area contributed by atoms with Crippen molar-refractivity contribution in [3.63, 3.8) is 0 Å². The van der Waals surface area contributed by atoms with Crippen molar-refractivity contribution < 1.29 is 24.0 Å². The minimum Gasteiger partial charge on any atom is -0.485 e. The molecule has 1 heterocycles. The topological polar surface area (TPSA) is 103 Å². The number of rotatable bonds is 5. The van der Waals surface area contributed by atoms with Crippen LogP contribution < -0.4 is 4.74 Å². The number of aryl methyl sites for hydroxylation is 1. The first-order valence-corrected chi connectivity index (χ1v) is 5.67. The van der Waals surface area contributed by atoms with Crippen molar-refractivity contribution in [3.8, 4) is 5.75 Å². The number of nitro groups is 1. The van der Waals surface area contributed by atoms with Crippen LogP contribution in [0.15, 0.2) is 34.7 Å². The van der Waals surface area contributed by atoms with Crippen molar-refractivity contribution in [2.75, 3.05) is 0 Å². The zero-order valence-electron chi connectivity index (χ0n) is 10.5. The van der Waals surface area contributed by atoms with Crippen molar-refractivity contribution in [3.05, 3.63) is 57.5 Å². The van der Waals surface area contributed by atoms with Gasteiger partial charge >= 0.3 is 5.97 Å². The molecule has 0 saturated carbocycles. The first-order chi connectivity index (χ1) is 9.47. The van der Waals surface area contributed by atoms with E-state index in [1.165, 1.54) is 24.3 Å². The van der Waals surface area contributed by atoms with Gasteiger partial charge in [-0.25, -0.2) is 4.79 Å². The Bertz CT molecular complexity index is 661. The molecule has 1 aromatic carbocycles. The second kappa shape index (κ2) is 5.43. The van der Waals surface area contributed by atoms with Crippen molar-refractivity contribution in [1.29, 1.82) is 0 Å². The number of non-ortho nitro benzene ring substituents is 1. The lowest BCUT2D eigenvalue weighted by molar-refractivity contribution is -0.385. The summed E-state index contributed by atoms with van der Waals surface area (Å²) >= 11 is 0. The van der Waals surface area contributed by atoms with Crippen LogP contribution in [0.1, 0.15) is 21.9 Å². The van der Waals surface area contributed by atoms with Crippen LogP contribution in [-0.2, 0) is 6.61 Å². The Morgan fingerprint density at radius 3 is 2.75 bits per heavy atom.